The zero-order valence-corrected chi connectivity index (χ0v) is 14.0. The third-order valence-corrected chi connectivity index (χ3v) is 10.5. The van der Waals surface area contributed by atoms with Crippen LogP contribution in [0.1, 0.15) is 0 Å². The molecule has 1 N–H and O–H groups in total. The van der Waals surface area contributed by atoms with Crippen LogP contribution in [0.4, 0.5) is 0 Å². The first kappa shape index (κ1) is 14.4. The van der Waals surface area contributed by atoms with Gasteiger partial charge >= 0.3 is 132 Å². The van der Waals surface area contributed by atoms with E-state index in [-0.39, 0.29) is 0 Å². The fraction of sp³-hybridized carbons (Fsp3) is 0. The van der Waals surface area contributed by atoms with Crippen LogP contribution in [-0.4, -0.2) is 20.2 Å². The van der Waals surface area contributed by atoms with Crippen LogP contribution in [0.5, 0.6) is 5.75 Å². The van der Waals surface area contributed by atoms with E-state index in [1.165, 1.54) is 15.9 Å². The molecule has 104 valence electrons. The van der Waals surface area contributed by atoms with Gasteiger partial charge in [0.1, 0.15) is 0 Å². The molecular formula is C18H15OPSe. The van der Waals surface area contributed by atoms with Crippen molar-refractivity contribution in [3.8, 4) is 5.75 Å². The molecule has 0 amide bonds. The van der Waals surface area contributed by atoms with Crippen LogP contribution in [0.25, 0.3) is 0 Å². The Kier molecular flexibility index (Phi) is 4.12. The van der Waals surface area contributed by atoms with Gasteiger partial charge in [0.05, 0.1) is 0 Å². The molecule has 0 aliphatic carbocycles. The molecule has 0 bridgehead atoms. The van der Waals surface area contributed by atoms with Crippen LogP contribution in [0.3, 0.4) is 0 Å². The molecule has 3 rings (SSSR count). The molecular weight excluding hydrogens is 342 g/mol. The molecule has 0 fully saturated rings. The van der Waals surface area contributed by atoms with E-state index in [4.69, 9.17) is 0 Å². The molecule has 3 aromatic carbocycles. The topological polar surface area (TPSA) is 20.2 Å². The van der Waals surface area contributed by atoms with Crippen LogP contribution < -0.4 is 15.9 Å². The van der Waals surface area contributed by atoms with Crippen LogP contribution in [0.15, 0.2) is 84.9 Å². The van der Waals surface area contributed by atoms with E-state index in [1.54, 1.807) is 12.1 Å². The second-order valence-corrected chi connectivity index (χ2v) is 11.0. The number of phenols is 1. The third-order valence-electron chi connectivity index (χ3n) is 3.45. The van der Waals surface area contributed by atoms with Crippen LogP contribution in [0.2, 0.25) is 0 Å². The minimum absolute atomic E-state index is 0.298. The molecule has 3 heteroatoms. The summed E-state index contributed by atoms with van der Waals surface area (Å²) >= 11 is 3.49. The molecule has 0 aliphatic heterocycles. The number of aromatic hydroxyl groups is 1. The molecule has 0 aromatic heterocycles. The Bertz CT molecular complexity index is 724. The maximum atomic E-state index is 9.57. The molecule has 0 saturated carbocycles. The fourth-order valence-corrected chi connectivity index (χ4v) is 7.33. The van der Waals surface area contributed by atoms with E-state index < -0.39 is 5.51 Å². The number of benzene rings is 3. The number of rotatable bonds is 3. The summed E-state index contributed by atoms with van der Waals surface area (Å²) in [6.07, 6.45) is 0. The molecule has 0 radical (unpaired) electrons. The summed E-state index contributed by atoms with van der Waals surface area (Å²) in [4.78, 5) is 0. The first-order chi connectivity index (χ1) is 10.2. The second-order valence-electron chi connectivity index (χ2n) is 4.80. The number of hydrogen-bond acceptors (Lipinski definition) is 1. The average Bonchev–Trinajstić information content (AvgIpc) is 2.56. The van der Waals surface area contributed by atoms with E-state index in [9.17, 15) is 5.11 Å². The number of hydrogen-bond donors (Lipinski definition) is 1. The van der Waals surface area contributed by atoms with Crippen molar-refractivity contribution in [2.24, 2.45) is 0 Å². The van der Waals surface area contributed by atoms with E-state index >= 15 is 0 Å². The Hall–Kier alpha value is -1.59. The van der Waals surface area contributed by atoms with Crippen molar-refractivity contribution < 1.29 is 5.11 Å². The second kappa shape index (κ2) is 6.03. The zero-order chi connectivity index (χ0) is 14.7. The third kappa shape index (κ3) is 2.76. The van der Waals surface area contributed by atoms with Gasteiger partial charge in [-0.1, -0.05) is 0 Å². The Morgan fingerprint density at radius 3 is 1.38 bits per heavy atom. The summed E-state index contributed by atoms with van der Waals surface area (Å²) in [6.45, 7) is 0. The molecule has 0 atom stereocenters. The molecule has 0 spiro atoms. The van der Waals surface area contributed by atoms with Gasteiger partial charge in [0.25, 0.3) is 0 Å². The first-order valence-electron chi connectivity index (χ1n) is 6.72. The van der Waals surface area contributed by atoms with Crippen molar-refractivity contribution in [2.45, 2.75) is 0 Å². The van der Waals surface area contributed by atoms with Crippen molar-refractivity contribution in [3.63, 3.8) is 0 Å². The summed E-state index contributed by atoms with van der Waals surface area (Å²) < 4.78 is 0. The Morgan fingerprint density at radius 2 is 0.952 bits per heavy atom. The summed E-state index contributed by atoms with van der Waals surface area (Å²) in [7, 11) is 0. The number of phenolic OH excluding ortho intramolecular Hbond substituents is 1. The van der Waals surface area contributed by atoms with E-state index in [0.29, 0.717) is 5.75 Å². The quantitative estimate of drug-likeness (QED) is 0.565. The fourth-order valence-electron chi connectivity index (χ4n) is 2.39. The van der Waals surface area contributed by atoms with Crippen LogP contribution >= 0.6 is 5.51 Å². The molecule has 1 nitrogen and oxygen atoms in total. The summed E-state index contributed by atoms with van der Waals surface area (Å²) in [6, 6.07) is 28.6. The molecule has 0 aliphatic rings. The molecule has 0 saturated heterocycles. The van der Waals surface area contributed by atoms with E-state index in [2.05, 4.69) is 63.6 Å². The predicted octanol–water partition coefficient (Wildman–Crippen LogP) is 2.77. The van der Waals surface area contributed by atoms with Crippen molar-refractivity contribution >= 4 is 36.5 Å². The normalized spacial score (nSPS) is 11.2. The van der Waals surface area contributed by atoms with Crippen molar-refractivity contribution in [1.82, 2.24) is 0 Å². The average molecular weight is 357 g/mol. The van der Waals surface area contributed by atoms with Crippen molar-refractivity contribution in [2.75, 3.05) is 0 Å². The van der Waals surface area contributed by atoms with Gasteiger partial charge in [0.15, 0.2) is 0 Å². The Morgan fingerprint density at radius 1 is 0.571 bits per heavy atom. The van der Waals surface area contributed by atoms with Crippen LogP contribution in [-0.2, 0) is 0 Å². The van der Waals surface area contributed by atoms with Gasteiger partial charge in [0, 0.05) is 0 Å². The SMILES string of the molecule is Oc1ccc(P(=[Se])(c2ccccc2)c2ccccc2)cc1. The van der Waals surface area contributed by atoms with Crippen molar-refractivity contribution in [3.05, 3.63) is 84.9 Å². The monoisotopic (exact) mass is 358 g/mol. The van der Waals surface area contributed by atoms with E-state index in [1.807, 2.05) is 24.3 Å². The molecule has 0 unspecified atom stereocenters. The van der Waals surface area contributed by atoms with Gasteiger partial charge in [-0.25, -0.2) is 0 Å². The van der Waals surface area contributed by atoms with Gasteiger partial charge in [0.2, 0.25) is 0 Å². The van der Waals surface area contributed by atoms with Gasteiger partial charge < -0.3 is 0 Å². The van der Waals surface area contributed by atoms with Crippen LogP contribution in [0, 0.1) is 0 Å². The summed E-state index contributed by atoms with van der Waals surface area (Å²) in [5.74, 6) is 0.298. The Labute approximate surface area is 132 Å². The van der Waals surface area contributed by atoms with Gasteiger partial charge in [-0.05, 0) is 0 Å². The summed E-state index contributed by atoms with van der Waals surface area (Å²) in [5, 5.41) is 13.4. The molecule has 21 heavy (non-hydrogen) atoms. The van der Waals surface area contributed by atoms with Gasteiger partial charge in [-0.15, -0.1) is 0 Å². The first-order valence-corrected chi connectivity index (χ1v) is 10.7. The maximum absolute atomic E-state index is 9.57. The van der Waals surface area contributed by atoms with Gasteiger partial charge in [-0.2, -0.15) is 0 Å². The van der Waals surface area contributed by atoms with Gasteiger partial charge in [-0.3, -0.25) is 0 Å². The zero-order valence-electron chi connectivity index (χ0n) is 11.4. The Balaban J connectivity index is 2.26. The minimum atomic E-state index is -1.78. The summed E-state index contributed by atoms with van der Waals surface area (Å²) in [5.41, 5.74) is -1.78. The van der Waals surface area contributed by atoms with Crippen molar-refractivity contribution in [1.29, 1.82) is 0 Å². The molecule has 3 aromatic rings. The standard InChI is InChI=1S/C18H15OPSe/c19-15-11-13-18(14-12-15)20(21,16-7-3-1-4-8-16)17-9-5-2-6-10-17/h1-14,19H. The predicted molar refractivity (Wildman–Crippen MR) is 92.6 cm³/mol. The van der Waals surface area contributed by atoms with E-state index in [0.717, 1.165) is 0 Å². The molecule has 0 heterocycles.